The summed E-state index contributed by atoms with van der Waals surface area (Å²) in [6, 6.07) is 3.98. The maximum absolute atomic E-state index is 10.8. The number of sulfonamides is 1. The van der Waals surface area contributed by atoms with E-state index in [1.165, 1.54) is 12.1 Å². The Hall–Kier alpha value is -2.00. The number of rotatable bonds is 7. The van der Waals surface area contributed by atoms with Crippen molar-refractivity contribution in [3.63, 3.8) is 0 Å². The zero-order chi connectivity index (χ0) is 14.5. The number of nitrogens with one attached hydrogen (secondary N) is 1. The molecule has 1 rings (SSSR count). The summed E-state index contributed by atoms with van der Waals surface area (Å²) in [5.41, 5.74) is 0.187. The molecule has 9 heteroatoms. The van der Waals surface area contributed by atoms with Crippen LogP contribution < -0.4 is 10.5 Å². The van der Waals surface area contributed by atoms with Gasteiger partial charge in [0.1, 0.15) is 12.0 Å². The molecular formula is C10H13N3O5S. The minimum Gasteiger partial charge on any atom is -0.379 e. The lowest BCUT2D eigenvalue weighted by atomic mass is 10.2. The van der Waals surface area contributed by atoms with E-state index in [-0.39, 0.29) is 35.7 Å². The SMILES string of the molecule is NS(=O)(=O)CCCNc1ccc(C=O)cc1[N+](=O)[O-]. The van der Waals surface area contributed by atoms with Gasteiger partial charge in [-0.05, 0) is 18.6 Å². The summed E-state index contributed by atoms with van der Waals surface area (Å²) in [5.74, 6) is -0.208. The first-order valence-electron chi connectivity index (χ1n) is 5.31. The molecule has 0 aliphatic heterocycles. The number of hydrogen-bond donors (Lipinski definition) is 2. The highest BCUT2D eigenvalue weighted by Crippen LogP contribution is 2.24. The molecule has 104 valence electrons. The van der Waals surface area contributed by atoms with Crippen LogP contribution in [0.25, 0.3) is 0 Å². The first-order chi connectivity index (χ1) is 8.83. The van der Waals surface area contributed by atoms with E-state index in [4.69, 9.17) is 5.14 Å². The van der Waals surface area contributed by atoms with E-state index in [1.807, 2.05) is 0 Å². The first-order valence-corrected chi connectivity index (χ1v) is 7.03. The Morgan fingerprint density at radius 1 is 1.42 bits per heavy atom. The van der Waals surface area contributed by atoms with E-state index in [1.54, 1.807) is 0 Å². The highest BCUT2D eigenvalue weighted by Gasteiger charge is 2.14. The lowest BCUT2D eigenvalue weighted by molar-refractivity contribution is -0.384. The molecule has 0 unspecified atom stereocenters. The van der Waals surface area contributed by atoms with Crippen LogP contribution in [0.1, 0.15) is 16.8 Å². The van der Waals surface area contributed by atoms with Gasteiger partial charge in [0.2, 0.25) is 10.0 Å². The summed E-state index contributed by atoms with van der Waals surface area (Å²) in [6.07, 6.45) is 0.739. The number of primary sulfonamides is 1. The van der Waals surface area contributed by atoms with Crippen molar-refractivity contribution in [1.29, 1.82) is 0 Å². The molecule has 1 aromatic carbocycles. The Bertz CT molecular complexity index is 585. The molecule has 0 spiro atoms. The van der Waals surface area contributed by atoms with E-state index in [2.05, 4.69) is 5.32 Å². The molecular weight excluding hydrogens is 274 g/mol. The van der Waals surface area contributed by atoms with Gasteiger partial charge in [0.15, 0.2) is 0 Å². The summed E-state index contributed by atoms with van der Waals surface area (Å²) in [6.45, 7) is 0.220. The van der Waals surface area contributed by atoms with Crippen LogP contribution >= 0.6 is 0 Å². The maximum Gasteiger partial charge on any atom is 0.293 e. The standard InChI is InChI=1S/C10H13N3O5S/c11-19(17,18)5-1-4-12-9-3-2-8(7-14)6-10(9)13(15)16/h2-3,6-7,12H,1,4-5H2,(H2,11,17,18). The fourth-order valence-electron chi connectivity index (χ4n) is 1.42. The topological polar surface area (TPSA) is 132 Å². The Morgan fingerprint density at radius 3 is 2.63 bits per heavy atom. The van der Waals surface area contributed by atoms with Gasteiger partial charge in [-0.3, -0.25) is 14.9 Å². The fourth-order valence-corrected chi connectivity index (χ4v) is 1.97. The Balaban J connectivity index is 2.72. The number of nitro groups is 1. The molecule has 19 heavy (non-hydrogen) atoms. The number of aldehydes is 1. The van der Waals surface area contributed by atoms with Crippen molar-refractivity contribution >= 4 is 27.7 Å². The molecule has 0 radical (unpaired) electrons. The lowest BCUT2D eigenvalue weighted by Crippen LogP contribution is -2.18. The normalized spacial score (nSPS) is 11.0. The van der Waals surface area contributed by atoms with Crippen LogP contribution in [0.5, 0.6) is 0 Å². The molecule has 3 N–H and O–H groups in total. The smallest absolute Gasteiger partial charge is 0.293 e. The number of carbonyl (C=O) groups is 1. The van der Waals surface area contributed by atoms with Crippen molar-refractivity contribution in [3.8, 4) is 0 Å². The first kappa shape index (κ1) is 15.1. The van der Waals surface area contributed by atoms with Crippen molar-refractivity contribution in [1.82, 2.24) is 0 Å². The summed E-state index contributed by atoms with van der Waals surface area (Å²) < 4.78 is 21.4. The zero-order valence-electron chi connectivity index (χ0n) is 9.90. The fraction of sp³-hybridized carbons (Fsp3) is 0.300. The molecule has 0 heterocycles. The monoisotopic (exact) mass is 287 g/mol. The molecule has 0 aromatic heterocycles. The van der Waals surface area contributed by atoms with E-state index in [0.717, 1.165) is 6.07 Å². The molecule has 0 bridgehead atoms. The molecule has 0 saturated carbocycles. The second kappa shape index (κ2) is 6.25. The second-order valence-corrected chi connectivity index (χ2v) is 5.53. The van der Waals surface area contributed by atoms with Crippen LogP contribution in [0.15, 0.2) is 18.2 Å². The quantitative estimate of drug-likeness (QED) is 0.325. The van der Waals surface area contributed by atoms with Crippen LogP contribution in [0.2, 0.25) is 0 Å². The zero-order valence-corrected chi connectivity index (χ0v) is 10.7. The number of hydrogen-bond acceptors (Lipinski definition) is 6. The minimum atomic E-state index is -3.54. The maximum atomic E-state index is 10.8. The van der Waals surface area contributed by atoms with Gasteiger partial charge in [-0.25, -0.2) is 13.6 Å². The number of nitrogens with zero attached hydrogens (tertiary/aromatic N) is 1. The van der Waals surface area contributed by atoms with Crippen LogP contribution in [0.3, 0.4) is 0 Å². The molecule has 0 atom stereocenters. The molecule has 1 aromatic rings. The molecule has 0 fully saturated rings. The number of benzene rings is 1. The van der Waals surface area contributed by atoms with Crippen LogP contribution in [-0.2, 0) is 10.0 Å². The third kappa shape index (κ3) is 5.02. The average molecular weight is 287 g/mol. The number of nitrogens with two attached hydrogens (primary N) is 1. The minimum absolute atomic E-state index is 0.196. The van der Waals surface area contributed by atoms with Gasteiger partial charge in [0.05, 0.1) is 10.7 Å². The highest BCUT2D eigenvalue weighted by molar-refractivity contribution is 7.89. The van der Waals surface area contributed by atoms with Crippen LogP contribution in [0.4, 0.5) is 11.4 Å². The van der Waals surface area contributed by atoms with Gasteiger partial charge in [-0.2, -0.15) is 0 Å². The lowest BCUT2D eigenvalue weighted by Gasteiger charge is -2.06. The third-order valence-electron chi connectivity index (χ3n) is 2.28. The largest absolute Gasteiger partial charge is 0.379 e. The second-order valence-electron chi connectivity index (χ2n) is 3.80. The van der Waals surface area contributed by atoms with Gasteiger partial charge in [0.25, 0.3) is 5.69 Å². The van der Waals surface area contributed by atoms with Gasteiger partial charge < -0.3 is 5.32 Å². The summed E-state index contributed by atoms with van der Waals surface area (Å²) in [5, 5.41) is 18.4. The molecule has 0 saturated heterocycles. The predicted molar refractivity (Wildman–Crippen MR) is 69.6 cm³/mol. The molecule has 0 aliphatic carbocycles. The summed E-state index contributed by atoms with van der Waals surface area (Å²) >= 11 is 0. The number of nitro benzene ring substituents is 1. The third-order valence-corrected chi connectivity index (χ3v) is 3.13. The summed E-state index contributed by atoms with van der Waals surface area (Å²) in [7, 11) is -3.54. The van der Waals surface area contributed by atoms with Gasteiger partial charge in [0, 0.05) is 18.2 Å². The Morgan fingerprint density at radius 2 is 2.11 bits per heavy atom. The average Bonchev–Trinajstić information content (AvgIpc) is 2.33. The van der Waals surface area contributed by atoms with Crippen LogP contribution in [0, 0.1) is 10.1 Å². The predicted octanol–water partition coefficient (Wildman–Crippen LogP) is 0.498. The van der Waals surface area contributed by atoms with Crippen LogP contribution in [-0.4, -0.2) is 31.9 Å². The number of carbonyl (C=O) groups excluding carboxylic acids is 1. The molecule has 0 aliphatic rings. The highest BCUT2D eigenvalue weighted by atomic mass is 32.2. The molecule has 8 nitrogen and oxygen atoms in total. The van der Waals surface area contributed by atoms with E-state index in [9.17, 15) is 23.3 Å². The Labute approximate surface area is 109 Å². The van der Waals surface area contributed by atoms with E-state index in [0.29, 0.717) is 6.29 Å². The van der Waals surface area contributed by atoms with Crippen molar-refractivity contribution in [2.45, 2.75) is 6.42 Å². The van der Waals surface area contributed by atoms with Crippen molar-refractivity contribution in [3.05, 3.63) is 33.9 Å². The van der Waals surface area contributed by atoms with Gasteiger partial charge in [-0.15, -0.1) is 0 Å². The van der Waals surface area contributed by atoms with Crippen molar-refractivity contribution < 1.29 is 18.1 Å². The number of anilines is 1. The Kier molecular flexibility index (Phi) is 4.95. The van der Waals surface area contributed by atoms with E-state index < -0.39 is 14.9 Å². The van der Waals surface area contributed by atoms with Gasteiger partial charge in [-0.1, -0.05) is 0 Å². The van der Waals surface area contributed by atoms with E-state index >= 15 is 0 Å². The molecule has 0 amide bonds. The van der Waals surface area contributed by atoms with Crippen molar-refractivity contribution in [2.24, 2.45) is 5.14 Å². The van der Waals surface area contributed by atoms with Crippen molar-refractivity contribution in [2.75, 3.05) is 17.6 Å². The van der Waals surface area contributed by atoms with Gasteiger partial charge >= 0.3 is 0 Å². The summed E-state index contributed by atoms with van der Waals surface area (Å²) in [4.78, 5) is 20.7.